The van der Waals surface area contributed by atoms with Crippen molar-refractivity contribution in [2.24, 2.45) is 11.8 Å². The predicted octanol–water partition coefficient (Wildman–Crippen LogP) is -5.19. The Hall–Kier alpha value is -0.640. The van der Waals surface area contributed by atoms with Gasteiger partial charge in [0.25, 0.3) is 0 Å². The van der Waals surface area contributed by atoms with Crippen molar-refractivity contribution in [2.45, 2.75) is 143 Å². The van der Waals surface area contributed by atoms with Gasteiger partial charge < -0.3 is 79.9 Å². The molecule has 5 fully saturated rings. The highest BCUT2D eigenvalue weighted by Gasteiger charge is 2.54. The van der Waals surface area contributed by atoms with E-state index in [1.807, 2.05) is 0 Å². The number of hydrogen-bond donors (Lipinski definition) is 11. The van der Waals surface area contributed by atoms with Crippen molar-refractivity contribution in [3.63, 3.8) is 0 Å². The summed E-state index contributed by atoms with van der Waals surface area (Å²) in [6.07, 6.45) is -19.5. The summed E-state index contributed by atoms with van der Waals surface area (Å²) in [7, 11) is 0. The first kappa shape index (κ1) is 33.7. The van der Waals surface area contributed by atoms with Crippen LogP contribution < -0.4 is 0 Å². The summed E-state index contributed by atoms with van der Waals surface area (Å²) < 4.78 is 29.9. The molecular formula is C27H46O16. The topological polar surface area (TPSA) is 269 Å². The molecule has 3 heterocycles. The molecule has 16 nitrogen and oxygen atoms in total. The Morgan fingerprint density at radius 1 is 0.535 bits per heavy atom. The summed E-state index contributed by atoms with van der Waals surface area (Å²) in [5.41, 5.74) is 0. The van der Waals surface area contributed by atoms with Gasteiger partial charge in [0, 0.05) is 12.3 Å². The molecule has 2 aliphatic carbocycles. The lowest BCUT2D eigenvalue weighted by Crippen LogP contribution is -2.63. The maximum atomic E-state index is 10.7. The zero-order valence-corrected chi connectivity index (χ0v) is 23.6. The van der Waals surface area contributed by atoms with Gasteiger partial charge in [0.2, 0.25) is 0 Å². The molecular weight excluding hydrogens is 580 g/mol. The number of aliphatic hydroxyl groups is 11. The van der Waals surface area contributed by atoms with Crippen LogP contribution in [0.5, 0.6) is 0 Å². The SMILES string of the molecule is OCC1OC(OC2CC(O)CC3OC(C4CCC(O)C(O)C4)C(OC4OC(CO)C(O)C(O)C4O)CC23)C(O)C(O)C1O. The Morgan fingerprint density at radius 2 is 1.09 bits per heavy atom. The van der Waals surface area contributed by atoms with Crippen LogP contribution in [0.2, 0.25) is 0 Å². The minimum Gasteiger partial charge on any atom is -0.394 e. The van der Waals surface area contributed by atoms with E-state index in [0.717, 1.165) is 0 Å². The Labute approximate surface area is 248 Å². The van der Waals surface area contributed by atoms with E-state index >= 15 is 0 Å². The Kier molecular flexibility index (Phi) is 11.0. The first-order chi connectivity index (χ1) is 20.4. The molecule has 16 heteroatoms. The van der Waals surface area contributed by atoms with Crippen LogP contribution >= 0.6 is 0 Å². The summed E-state index contributed by atoms with van der Waals surface area (Å²) >= 11 is 0. The van der Waals surface area contributed by atoms with Gasteiger partial charge in [-0.3, -0.25) is 0 Å². The lowest BCUT2D eigenvalue weighted by atomic mass is 9.72. The molecule has 0 spiro atoms. The normalized spacial score (nSPS) is 54.6. The summed E-state index contributed by atoms with van der Waals surface area (Å²) in [4.78, 5) is 0. The van der Waals surface area contributed by atoms with Crippen LogP contribution in [-0.2, 0) is 23.7 Å². The molecule has 0 amide bonds. The molecule has 0 aromatic rings. The lowest BCUT2D eigenvalue weighted by Gasteiger charge is -2.52. The van der Waals surface area contributed by atoms with Crippen molar-refractivity contribution < 1.29 is 79.9 Å². The van der Waals surface area contributed by atoms with Crippen LogP contribution in [0.4, 0.5) is 0 Å². The maximum absolute atomic E-state index is 10.7. The van der Waals surface area contributed by atoms with Gasteiger partial charge in [-0.2, -0.15) is 0 Å². The van der Waals surface area contributed by atoms with Gasteiger partial charge in [0.15, 0.2) is 12.6 Å². The predicted molar refractivity (Wildman–Crippen MR) is 139 cm³/mol. The second-order valence-electron chi connectivity index (χ2n) is 12.6. The van der Waals surface area contributed by atoms with Crippen molar-refractivity contribution in [2.75, 3.05) is 13.2 Å². The number of hydrogen-bond acceptors (Lipinski definition) is 16. The van der Waals surface area contributed by atoms with Gasteiger partial charge in [0.05, 0.1) is 55.9 Å². The van der Waals surface area contributed by atoms with Crippen molar-refractivity contribution in [3.8, 4) is 0 Å². The molecule has 0 bridgehead atoms. The number of ether oxygens (including phenoxy) is 5. The third kappa shape index (κ3) is 6.90. The fourth-order valence-corrected chi connectivity index (χ4v) is 7.24. The van der Waals surface area contributed by atoms with Crippen molar-refractivity contribution in [1.29, 1.82) is 0 Å². The second-order valence-corrected chi connectivity index (χ2v) is 12.6. The first-order valence-corrected chi connectivity index (χ1v) is 15.0. The molecule has 0 aromatic heterocycles. The largest absolute Gasteiger partial charge is 0.394 e. The highest BCUT2D eigenvalue weighted by molar-refractivity contribution is 5.00. The first-order valence-electron chi connectivity index (χ1n) is 15.0. The fraction of sp³-hybridized carbons (Fsp3) is 1.00. The summed E-state index contributed by atoms with van der Waals surface area (Å²) in [6, 6.07) is 0. The summed E-state index contributed by atoms with van der Waals surface area (Å²) in [6.45, 7) is -1.30. The fourth-order valence-electron chi connectivity index (χ4n) is 7.24. The molecule has 43 heavy (non-hydrogen) atoms. The molecule has 19 atom stereocenters. The number of aliphatic hydroxyl groups excluding tert-OH is 11. The molecule has 250 valence electrons. The second kappa shape index (κ2) is 14.0. The minimum absolute atomic E-state index is 0.0886. The summed E-state index contributed by atoms with van der Waals surface area (Å²) in [5.74, 6) is -0.806. The molecule has 3 saturated heterocycles. The molecule has 5 rings (SSSR count). The van der Waals surface area contributed by atoms with E-state index in [9.17, 15) is 56.2 Å². The Balaban J connectivity index is 1.38. The van der Waals surface area contributed by atoms with E-state index in [0.29, 0.717) is 12.8 Å². The highest BCUT2D eigenvalue weighted by atomic mass is 16.7. The molecule has 11 N–H and O–H groups in total. The van der Waals surface area contributed by atoms with Crippen molar-refractivity contribution >= 4 is 0 Å². The Bertz CT molecular complexity index is 895. The summed E-state index contributed by atoms with van der Waals surface area (Å²) in [5, 5.41) is 113. The van der Waals surface area contributed by atoms with Crippen LogP contribution in [0.3, 0.4) is 0 Å². The van der Waals surface area contributed by atoms with E-state index < -0.39 is 123 Å². The van der Waals surface area contributed by atoms with E-state index in [2.05, 4.69) is 0 Å². The quantitative estimate of drug-likeness (QED) is 0.126. The Morgan fingerprint density at radius 3 is 1.63 bits per heavy atom. The molecule has 0 radical (unpaired) electrons. The molecule has 2 saturated carbocycles. The average Bonchev–Trinajstić information content (AvgIpc) is 2.98. The third-order valence-corrected chi connectivity index (χ3v) is 9.77. The van der Waals surface area contributed by atoms with Gasteiger partial charge in [-0.1, -0.05) is 0 Å². The monoisotopic (exact) mass is 626 g/mol. The van der Waals surface area contributed by atoms with Crippen LogP contribution in [0, 0.1) is 11.8 Å². The van der Waals surface area contributed by atoms with Crippen LogP contribution in [0.1, 0.15) is 38.5 Å². The van der Waals surface area contributed by atoms with E-state index in [-0.39, 0.29) is 31.6 Å². The van der Waals surface area contributed by atoms with Gasteiger partial charge in [-0.15, -0.1) is 0 Å². The van der Waals surface area contributed by atoms with E-state index in [4.69, 9.17) is 23.7 Å². The smallest absolute Gasteiger partial charge is 0.187 e. The number of fused-ring (bicyclic) bond motifs is 1. The maximum Gasteiger partial charge on any atom is 0.187 e. The van der Waals surface area contributed by atoms with Crippen LogP contribution in [0.15, 0.2) is 0 Å². The standard InChI is InChI=1S/C27H46O16/c28-7-17-19(33)21(35)23(37)26(42-17)40-15-5-10(30)4-14-11(15)6-16(25(39-14)9-1-2-12(31)13(32)3-9)41-27-24(38)22(36)20(34)18(8-29)43-27/h9-38H,1-8H2. The third-order valence-electron chi connectivity index (χ3n) is 9.77. The zero-order valence-electron chi connectivity index (χ0n) is 23.6. The van der Waals surface area contributed by atoms with Crippen molar-refractivity contribution in [1.82, 2.24) is 0 Å². The molecule has 19 unspecified atom stereocenters. The lowest BCUT2D eigenvalue weighted by molar-refractivity contribution is -0.344. The van der Waals surface area contributed by atoms with Gasteiger partial charge in [0.1, 0.15) is 48.8 Å². The molecule has 0 aromatic carbocycles. The number of rotatable bonds is 7. The van der Waals surface area contributed by atoms with E-state index in [1.165, 1.54) is 0 Å². The van der Waals surface area contributed by atoms with Crippen molar-refractivity contribution in [3.05, 3.63) is 0 Å². The highest BCUT2D eigenvalue weighted by Crippen LogP contribution is 2.45. The molecule has 5 aliphatic rings. The van der Waals surface area contributed by atoms with Crippen LogP contribution in [-0.4, -0.2) is 174 Å². The zero-order chi connectivity index (χ0) is 31.2. The average molecular weight is 627 g/mol. The van der Waals surface area contributed by atoms with Crippen LogP contribution in [0.25, 0.3) is 0 Å². The van der Waals surface area contributed by atoms with E-state index in [1.54, 1.807) is 0 Å². The van der Waals surface area contributed by atoms with Gasteiger partial charge in [-0.05, 0) is 38.0 Å². The molecule has 3 aliphatic heterocycles. The van der Waals surface area contributed by atoms with Gasteiger partial charge >= 0.3 is 0 Å². The van der Waals surface area contributed by atoms with Gasteiger partial charge in [-0.25, -0.2) is 0 Å². The minimum atomic E-state index is -1.68.